The van der Waals surface area contributed by atoms with E-state index < -0.39 is 0 Å². The molecule has 4 aliphatic rings. The third-order valence-electron chi connectivity index (χ3n) is 6.43. The molecule has 0 radical (unpaired) electrons. The van der Waals surface area contributed by atoms with Gasteiger partial charge in [0.15, 0.2) is 5.82 Å². The van der Waals surface area contributed by atoms with Crippen LogP contribution in [0.4, 0.5) is 0 Å². The highest BCUT2D eigenvalue weighted by atomic mass is 16.5. The van der Waals surface area contributed by atoms with Crippen LogP contribution in [-0.2, 0) is 11.3 Å². The van der Waals surface area contributed by atoms with Gasteiger partial charge in [0.2, 0.25) is 11.8 Å². The predicted molar refractivity (Wildman–Crippen MR) is 89.0 cm³/mol. The van der Waals surface area contributed by atoms with Crippen molar-refractivity contribution in [1.29, 1.82) is 0 Å². The molecule has 0 unspecified atom stereocenters. The molecule has 0 aromatic carbocycles. The summed E-state index contributed by atoms with van der Waals surface area (Å²) in [5, 5.41) is 7.37. The van der Waals surface area contributed by atoms with Gasteiger partial charge in [-0.05, 0) is 70.3 Å². The average molecular weight is 332 g/mol. The van der Waals surface area contributed by atoms with Gasteiger partial charge in [0.1, 0.15) is 0 Å². The van der Waals surface area contributed by atoms with Crippen LogP contribution in [0, 0.1) is 24.7 Å². The van der Waals surface area contributed by atoms with Crippen molar-refractivity contribution in [2.45, 2.75) is 70.5 Å². The van der Waals surface area contributed by atoms with Crippen molar-refractivity contribution < 1.29 is 9.32 Å². The monoisotopic (exact) mass is 332 g/mol. The van der Waals surface area contributed by atoms with Gasteiger partial charge in [0.25, 0.3) is 0 Å². The first-order valence-corrected chi connectivity index (χ1v) is 9.24. The fraction of sp³-hybridized carbons (Fsp3) is 0.833. The minimum atomic E-state index is -0.197. The molecule has 1 aromatic heterocycles. The molecule has 5 rings (SSSR count). The SMILES string of the molecule is Cc1nc(CN(C)[C@@H](C)C(=O)NC23CC4CC(CC(C4)C2)C3)no1. The first-order chi connectivity index (χ1) is 11.4. The van der Waals surface area contributed by atoms with Crippen LogP contribution in [0.2, 0.25) is 0 Å². The Morgan fingerprint density at radius 1 is 1.29 bits per heavy atom. The van der Waals surface area contributed by atoms with Gasteiger partial charge >= 0.3 is 0 Å². The third kappa shape index (κ3) is 2.96. The molecule has 4 aliphatic carbocycles. The summed E-state index contributed by atoms with van der Waals surface area (Å²) in [5.74, 6) is 3.85. The highest BCUT2D eigenvalue weighted by Gasteiger charge is 2.51. The van der Waals surface area contributed by atoms with E-state index in [2.05, 4.69) is 15.5 Å². The van der Waals surface area contributed by atoms with Crippen LogP contribution < -0.4 is 5.32 Å². The Hall–Kier alpha value is -1.43. The van der Waals surface area contributed by atoms with Crippen molar-refractivity contribution in [3.8, 4) is 0 Å². The van der Waals surface area contributed by atoms with E-state index in [4.69, 9.17) is 4.52 Å². The topological polar surface area (TPSA) is 71.3 Å². The quantitative estimate of drug-likeness (QED) is 0.896. The van der Waals surface area contributed by atoms with E-state index >= 15 is 0 Å². The number of amides is 1. The summed E-state index contributed by atoms with van der Waals surface area (Å²) in [6, 6.07) is -0.197. The maximum atomic E-state index is 12.8. The van der Waals surface area contributed by atoms with E-state index in [9.17, 15) is 4.79 Å². The molecule has 132 valence electrons. The second-order valence-electron chi connectivity index (χ2n) is 8.51. The lowest BCUT2D eigenvalue weighted by atomic mass is 9.53. The zero-order valence-corrected chi connectivity index (χ0v) is 14.9. The number of likely N-dealkylation sites (N-methyl/N-ethyl adjacent to an activating group) is 1. The molecule has 0 spiro atoms. The van der Waals surface area contributed by atoms with E-state index in [1.54, 1.807) is 6.92 Å². The lowest BCUT2D eigenvalue weighted by molar-refractivity contribution is -0.131. The molecule has 24 heavy (non-hydrogen) atoms. The normalized spacial score (nSPS) is 35.4. The smallest absolute Gasteiger partial charge is 0.237 e. The Bertz CT molecular complexity index is 591. The standard InChI is InChI=1S/C18H28N4O2/c1-11(22(3)10-16-19-12(2)24-21-16)17(23)20-18-7-13-4-14(8-18)6-15(5-13)9-18/h11,13-15H,4-10H2,1-3H3,(H,20,23)/t11-,13?,14?,15?,18?/m0/s1. The van der Waals surface area contributed by atoms with Gasteiger partial charge < -0.3 is 9.84 Å². The van der Waals surface area contributed by atoms with Crippen molar-refractivity contribution in [1.82, 2.24) is 20.4 Å². The number of nitrogens with one attached hydrogen (secondary N) is 1. The molecule has 1 atom stereocenters. The Labute approximate surface area is 143 Å². The lowest BCUT2D eigenvalue weighted by Gasteiger charge is -2.57. The third-order valence-corrected chi connectivity index (χ3v) is 6.43. The largest absolute Gasteiger partial charge is 0.349 e. The molecular formula is C18H28N4O2. The van der Waals surface area contributed by atoms with Crippen molar-refractivity contribution in [2.24, 2.45) is 17.8 Å². The van der Waals surface area contributed by atoms with Crippen molar-refractivity contribution in [3.63, 3.8) is 0 Å². The number of carbonyl (C=O) groups is 1. The summed E-state index contributed by atoms with van der Waals surface area (Å²) in [7, 11) is 1.94. The summed E-state index contributed by atoms with van der Waals surface area (Å²) in [6.45, 7) is 4.26. The maximum Gasteiger partial charge on any atom is 0.237 e. The fourth-order valence-electron chi connectivity index (χ4n) is 5.60. The Kier molecular flexibility index (Phi) is 3.90. The van der Waals surface area contributed by atoms with E-state index in [1.807, 2.05) is 18.9 Å². The van der Waals surface area contributed by atoms with E-state index in [1.165, 1.54) is 38.5 Å². The van der Waals surface area contributed by atoms with Gasteiger partial charge in [-0.1, -0.05) is 5.16 Å². The summed E-state index contributed by atoms with van der Waals surface area (Å²) in [4.78, 5) is 19.1. The number of rotatable bonds is 5. The summed E-state index contributed by atoms with van der Waals surface area (Å²) >= 11 is 0. The second-order valence-corrected chi connectivity index (χ2v) is 8.51. The first-order valence-electron chi connectivity index (χ1n) is 9.24. The van der Waals surface area contributed by atoms with Crippen molar-refractivity contribution in [2.75, 3.05) is 7.05 Å². The molecule has 1 aromatic rings. The maximum absolute atomic E-state index is 12.8. The predicted octanol–water partition coefficient (Wildman–Crippen LogP) is 2.28. The molecular weight excluding hydrogens is 304 g/mol. The Morgan fingerprint density at radius 3 is 2.38 bits per heavy atom. The van der Waals surface area contributed by atoms with E-state index in [0.717, 1.165) is 17.8 Å². The summed E-state index contributed by atoms with van der Waals surface area (Å²) in [6.07, 6.45) is 7.73. The number of hydrogen-bond acceptors (Lipinski definition) is 5. The molecule has 1 amide bonds. The van der Waals surface area contributed by atoms with Crippen LogP contribution in [0.3, 0.4) is 0 Å². The molecule has 1 N–H and O–H groups in total. The zero-order valence-electron chi connectivity index (χ0n) is 14.9. The minimum Gasteiger partial charge on any atom is -0.349 e. The van der Waals surface area contributed by atoms with Gasteiger partial charge in [-0.3, -0.25) is 9.69 Å². The molecule has 4 bridgehead atoms. The molecule has 6 heteroatoms. The first kappa shape index (κ1) is 16.1. The van der Waals surface area contributed by atoms with Crippen LogP contribution in [0.5, 0.6) is 0 Å². The molecule has 1 heterocycles. The van der Waals surface area contributed by atoms with Gasteiger partial charge in [-0.2, -0.15) is 4.98 Å². The van der Waals surface area contributed by atoms with Crippen LogP contribution in [0.1, 0.15) is 57.2 Å². The molecule has 0 saturated heterocycles. The van der Waals surface area contributed by atoms with Crippen LogP contribution >= 0.6 is 0 Å². The van der Waals surface area contributed by atoms with Crippen LogP contribution in [-0.4, -0.2) is 39.6 Å². The molecule has 6 nitrogen and oxygen atoms in total. The van der Waals surface area contributed by atoms with Gasteiger partial charge in [0, 0.05) is 12.5 Å². The minimum absolute atomic E-state index is 0.0731. The van der Waals surface area contributed by atoms with Gasteiger partial charge in [0.05, 0.1) is 12.6 Å². The average Bonchev–Trinajstić information content (AvgIpc) is 2.89. The van der Waals surface area contributed by atoms with Crippen LogP contribution in [0.25, 0.3) is 0 Å². The second kappa shape index (κ2) is 5.83. The number of hydrogen-bond donors (Lipinski definition) is 1. The Morgan fingerprint density at radius 2 is 1.88 bits per heavy atom. The summed E-state index contributed by atoms with van der Waals surface area (Å²) in [5.41, 5.74) is 0.0731. The number of aromatic nitrogens is 2. The van der Waals surface area contributed by atoms with E-state index in [0.29, 0.717) is 18.3 Å². The van der Waals surface area contributed by atoms with Crippen molar-refractivity contribution in [3.05, 3.63) is 11.7 Å². The van der Waals surface area contributed by atoms with E-state index in [-0.39, 0.29) is 17.5 Å². The van der Waals surface area contributed by atoms with Crippen LogP contribution in [0.15, 0.2) is 4.52 Å². The number of carbonyl (C=O) groups excluding carboxylic acids is 1. The zero-order chi connectivity index (χ0) is 16.9. The molecule has 4 fully saturated rings. The summed E-state index contributed by atoms with van der Waals surface area (Å²) < 4.78 is 5.01. The highest BCUT2D eigenvalue weighted by molar-refractivity contribution is 5.82. The van der Waals surface area contributed by atoms with Gasteiger partial charge in [-0.15, -0.1) is 0 Å². The van der Waals surface area contributed by atoms with Crippen molar-refractivity contribution >= 4 is 5.91 Å². The number of aryl methyl sites for hydroxylation is 1. The fourth-order valence-corrected chi connectivity index (χ4v) is 5.60. The number of nitrogens with zero attached hydrogens (tertiary/aromatic N) is 3. The molecule has 0 aliphatic heterocycles. The lowest BCUT2D eigenvalue weighted by Crippen LogP contribution is -2.62. The Balaban J connectivity index is 1.38. The van der Waals surface area contributed by atoms with Gasteiger partial charge in [-0.25, -0.2) is 0 Å². The highest BCUT2D eigenvalue weighted by Crippen LogP contribution is 2.55. The molecule has 4 saturated carbocycles.